The maximum absolute atomic E-state index is 13.4. The molecule has 4 heterocycles. The van der Waals surface area contributed by atoms with Crippen LogP contribution >= 0.6 is 22.7 Å². The third kappa shape index (κ3) is 5.79. The van der Waals surface area contributed by atoms with Crippen molar-refractivity contribution in [3.63, 3.8) is 0 Å². The van der Waals surface area contributed by atoms with Crippen LogP contribution in [0.2, 0.25) is 0 Å². The van der Waals surface area contributed by atoms with Gasteiger partial charge in [0.1, 0.15) is 11.3 Å². The van der Waals surface area contributed by atoms with Gasteiger partial charge in [-0.2, -0.15) is 0 Å². The van der Waals surface area contributed by atoms with Crippen molar-refractivity contribution in [1.29, 1.82) is 0 Å². The number of benzene rings is 1. The number of aliphatic hydroxyl groups excluding tert-OH is 1. The molecule has 38 heavy (non-hydrogen) atoms. The number of carbonyl (C=O) groups excluding carboxylic acids is 3. The van der Waals surface area contributed by atoms with Gasteiger partial charge in [-0.05, 0) is 36.4 Å². The van der Waals surface area contributed by atoms with Gasteiger partial charge in [-0.25, -0.2) is 4.98 Å². The summed E-state index contributed by atoms with van der Waals surface area (Å²) in [5.74, 6) is -0.145. The number of aromatic nitrogens is 1. The number of hydrogen-bond acceptors (Lipinski definition) is 8. The standard InChI is InChI=1S/C27H28N4O5S2/c32-13-10-28-25(34)19-6-3-11-30(16-19)24(33)9-12-31(26(35)23-8-4-14-37-23)27-29-20(17-38-27)22-15-18-5-1-2-7-21(18)36-22/h1-2,4-5,7-8,14-15,17,19,32H,3,6,9-13,16H2,(H,28,34). The van der Waals surface area contributed by atoms with Crippen LogP contribution in [0.5, 0.6) is 0 Å². The van der Waals surface area contributed by atoms with Crippen molar-refractivity contribution in [3.05, 3.63) is 58.1 Å². The molecule has 1 fully saturated rings. The number of piperidine rings is 1. The van der Waals surface area contributed by atoms with Crippen LogP contribution in [0.15, 0.2) is 57.6 Å². The molecule has 0 aliphatic carbocycles. The number of carbonyl (C=O) groups is 3. The minimum Gasteiger partial charge on any atom is -0.454 e. The molecule has 4 aromatic rings. The van der Waals surface area contributed by atoms with Crippen LogP contribution in [-0.2, 0) is 9.59 Å². The second kappa shape index (κ2) is 11.9. The van der Waals surface area contributed by atoms with E-state index in [1.165, 1.54) is 22.7 Å². The third-order valence-electron chi connectivity index (χ3n) is 6.48. The van der Waals surface area contributed by atoms with Crippen LogP contribution in [0.25, 0.3) is 22.4 Å². The number of thiophene rings is 1. The lowest BCUT2D eigenvalue weighted by molar-refractivity contribution is -0.135. The molecule has 11 heteroatoms. The van der Waals surface area contributed by atoms with Crippen LogP contribution in [0.4, 0.5) is 5.13 Å². The van der Waals surface area contributed by atoms with E-state index in [0.29, 0.717) is 41.0 Å². The highest BCUT2D eigenvalue weighted by Gasteiger charge is 2.29. The van der Waals surface area contributed by atoms with E-state index in [1.54, 1.807) is 15.9 Å². The molecule has 198 valence electrons. The summed E-state index contributed by atoms with van der Waals surface area (Å²) in [5, 5.41) is 16.8. The zero-order valence-corrected chi connectivity index (χ0v) is 22.3. The molecule has 9 nitrogen and oxygen atoms in total. The van der Waals surface area contributed by atoms with Gasteiger partial charge in [0.25, 0.3) is 5.91 Å². The van der Waals surface area contributed by atoms with E-state index in [9.17, 15) is 14.4 Å². The molecule has 2 N–H and O–H groups in total. The molecule has 1 atom stereocenters. The van der Waals surface area contributed by atoms with E-state index in [-0.39, 0.29) is 49.8 Å². The number of nitrogens with zero attached hydrogens (tertiary/aromatic N) is 3. The zero-order valence-electron chi connectivity index (χ0n) is 20.7. The zero-order chi connectivity index (χ0) is 26.5. The fourth-order valence-corrected chi connectivity index (χ4v) is 6.04. The Hall–Kier alpha value is -3.54. The largest absolute Gasteiger partial charge is 0.454 e. The summed E-state index contributed by atoms with van der Waals surface area (Å²) < 4.78 is 5.95. The quantitative estimate of drug-likeness (QED) is 0.324. The Labute approximate surface area is 227 Å². The second-order valence-corrected chi connectivity index (χ2v) is 10.8. The van der Waals surface area contributed by atoms with E-state index in [2.05, 4.69) is 5.32 Å². The Morgan fingerprint density at radius 1 is 1.18 bits per heavy atom. The van der Waals surface area contributed by atoms with Crippen LogP contribution < -0.4 is 10.2 Å². The van der Waals surface area contributed by atoms with Crippen molar-refractivity contribution < 1.29 is 23.9 Å². The van der Waals surface area contributed by atoms with Crippen molar-refractivity contribution in [2.45, 2.75) is 19.3 Å². The average molecular weight is 553 g/mol. The van der Waals surface area contributed by atoms with Crippen molar-refractivity contribution in [1.82, 2.24) is 15.2 Å². The molecule has 0 spiro atoms. The van der Waals surface area contributed by atoms with Gasteiger partial charge in [-0.1, -0.05) is 24.3 Å². The molecule has 0 bridgehead atoms. The Morgan fingerprint density at radius 3 is 2.84 bits per heavy atom. The lowest BCUT2D eigenvalue weighted by Crippen LogP contribution is -2.46. The summed E-state index contributed by atoms with van der Waals surface area (Å²) in [6.45, 7) is 1.16. The number of hydrogen-bond donors (Lipinski definition) is 2. The monoisotopic (exact) mass is 552 g/mol. The molecule has 1 unspecified atom stereocenters. The predicted molar refractivity (Wildman–Crippen MR) is 147 cm³/mol. The number of para-hydroxylation sites is 1. The van der Waals surface area contributed by atoms with Crippen molar-refractivity contribution >= 4 is 56.5 Å². The molecule has 0 saturated carbocycles. The first-order valence-electron chi connectivity index (χ1n) is 12.5. The Kier molecular flexibility index (Phi) is 8.16. The van der Waals surface area contributed by atoms with Gasteiger partial charge in [0.05, 0.1) is 17.4 Å². The van der Waals surface area contributed by atoms with E-state index < -0.39 is 0 Å². The van der Waals surface area contributed by atoms with Gasteiger partial charge in [0.15, 0.2) is 10.9 Å². The summed E-state index contributed by atoms with van der Waals surface area (Å²) in [6, 6.07) is 13.2. The van der Waals surface area contributed by atoms with Crippen LogP contribution in [0.1, 0.15) is 28.9 Å². The maximum atomic E-state index is 13.4. The SMILES string of the molecule is O=C(NCCO)C1CCCN(C(=O)CCN(C(=O)c2cccs2)c2nc(-c3cc4ccccc4o3)cs2)C1. The molecule has 0 radical (unpaired) electrons. The normalized spacial score (nSPS) is 15.5. The van der Waals surface area contributed by atoms with E-state index >= 15 is 0 Å². The van der Waals surface area contributed by atoms with E-state index in [0.717, 1.165) is 17.4 Å². The van der Waals surface area contributed by atoms with Crippen molar-refractivity contribution in [2.75, 3.05) is 37.7 Å². The molecule has 1 saturated heterocycles. The first-order valence-corrected chi connectivity index (χ1v) is 14.3. The summed E-state index contributed by atoms with van der Waals surface area (Å²) in [7, 11) is 0. The number of fused-ring (bicyclic) bond motifs is 1. The Morgan fingerprint density at radius 2 is 2.05 bits per heavy atom. The molecule has 1 aliphatic heterocycles. The number of amides is 3. The minimum absolute atomic E-state index is 0.109. The summed E-state index contributed by atoms with van der Waals surface area (Å²) >= 11 is 2.67. The molecule has 1 aromatic carbocycles. The van der Waals surface area contributed by atoms with Gasteiger partial charge in [0.2, 0.25) is 11.8 Å². The molecule has 1 aliphatic rings. The third-order valence-corrected chi connectivity index (χ3v) is 8.20. The van der Waals surface area contributed by atoms with Crippen LogP contribution in [0.3, 0.4) is 0 Å². The number of aliphatic hydroxyl groups is 1. The predicted octanol–water partition coefficient (Wildman–Crippen LogP) is 4.00. The smallest absolute Gasteiger partial charge is 0.270 e. The average Bonchev–Trinajstić information content (AvgIpc) is 3.72. The summed E-state index contributed by atoms with van der Waals surface area (Å²) in [6.07, 6.45) is 1.55. The van der Waals surface area contributed by atoms with Crippen molar-refractivity contribution in [2.24, 2.45) is 5.92 Å². The number of rotatable bonds is 9. The first-order chi connectivity index (χ1) is 18.5. The maximum Gasteiger partial charge on any atom is 0.270 e. The number of likely N-dealkylation sites (tertiary alicyclic amines) is 1. The van der Waals surface area contributed by atoms with Crippen LogP contribution in [-0.4, -0.2) is 65.5 Å². The van der Waals surface area contributed by atoms with Gasteiger partial charge in [-0.3, -0.25) is 19.3 Å². The Bertz CT molecular complexity index is 1380. The van der Waals surface area contributed by atoms with E-state index in [4.69, 9.17) is 14.5 Å². The lowest BCUT2D eigenvalue weighted by atomic mass is 9.97. The highest BCUT2D eigenvalue weighted by Crippen LogP contribution is 2.32. The highest BCUT2D eigenvalue weighted by atomic mass is 32.1. The molecule has 3 aromatic heterocycles. The van der Waals surface area contributed by atoms with E-state index in [1.807, 2.05) is 47.2 Å². The fraction of sp³-hybridized carbons (Fsp3) is 0.333. The van der Waals surface area contributed by atoms with Gasteiger partial charge >= 0.3 is 0 Å². The fourth-order valence-electron chi connectivity index (χ4n) is 4.53. The van der Waals surface area contributed by atoms with Gasteiger partial charge in [0, 0.05) is 43.4 Å². The number of furan rings is 1. The van der Waals surface area contributed by atoms with Gasteiger partial charge < -0.3 is 19.7 Å². The van der Waals surface area contributed by atoms with Crippen molar-refractivity contribution in [3.8, 4) is 11.5 Å². The summed E-state index contributed by atoms with van der Waals surface area (Å²) in [4.78, 5) is 47.4. The lowest BCUT2D eigenvalue weighted by Gasteiger charge is -2.32. The number of anilines is 1. The van der Waals surface area contributed by atoms with Crippen LogP contribution in [0, 0.1) is 5.92 Å². The molecule has 5 rings (SSSR count). The number of nitrogens with one attached hydrogen (secondary N) is 1. The second-order valence-electron chi connectivity index (χ2n) is 9.04. The first kappa shape index (κ1) is 26.1. The molecular formula is C27H28N4O5S2. The topological polar surface area (TPSA) is 116 Å². The summed E-state index contributed by atoms with van der Waals surface area (Å²) in [5.41, 5.74) is 1.39. The molecular weight excluding hydrogens is 524 g/mol. The highest BCUT2D eigenvalue weighted by molar-refractivity contribution is 7.14. The minimum atomic E-state index is -0.298. The molecule has 3 amide bonds. The van der Waals surface area contributed by atoms with Gasteiger partial charge in [-0.15, -0.1) is 22.7 Å². The number of thiazole rings is 1. The Balaban J connectivity index is 1.30.